The topological polar surface area (TPSA) is 6.48 Å². The maximum absolute atomic E-state index is 2.37. The summed E-state index contributed by atoms with van der Waals surface area (Å²) in [6, 6.07) is 87.3. The molecule has 0 bridgehead atoms. The fraction of sp³-hybridized carbons (Fsp3) is 0. The smallest absolute Gasteiger partial charge is 0.0482 e. The lowest BCUT2D eigenvalue weighted by Gasteiger charge is -2.29. The van der Waals surface area contributed by atoms with Crippen LogP contribution in [0, 0.1) is 0 Å². The lowest BCUT2D eigenvalue weighted by Crippen LogP contribution is -2.13. The molecule has 0 heterocycles. The van der Waals surface area contributed by atoms with Crippen LogP contribution in [0.4, 0.5) is 34.1 Å². The lowest BCUT2D eigenvalue weighted by atomic mass is 9.92. The van der Waals surface area contributed by atoms with Crippen molar-refractivity contribution >= 4 is 55.7 Å². The quantitative estimate of drug-likeness (QED) is 0.145. The fourth-order valence-electron chi connectivity index (χ4n) is 8.15. The standard InChI is InChI=1S/C56H40N2/c1-4-16-41(17-5-1)45-21-14-26-52(38-45)58(54-28-15-27-53(40-54)57(49-22-6-2-7-23-49)50-24-8-3-9-25-50)51-34-32-43(33-35-51)56-39-48(37-47-20-12-13-29-55(47)56)46-31-30-42-18-10-11-19-44(42)36-46/h1-40H. The summed E-state index contributed by atoms with van der Waals surface area (Å²) in [5.74, 6) is 0. The molecule has 0 aliphatic rings. The van der Waals surface area contributed by atoms with Crippen LogP contribution in [-0.4, -0.2) is 0 Å². The van der Waals surface area contributed by atoms with Crippen molar-refractivity contribution in [1.29, 1.82) is 0 Å². The first-order chi connectivity index (χ1) is 28.7. The van der Waals surface area contributed by atoms with Gasteiger partial charge in [-0.05, 0) is 140 Å². The molecule has 0 aromatic heterocycles. The van der Waals surface area contributed by atoms with E-state index in [1.807, 2.05) is 0 Å². The summed E-state index contributed by atoms with van der Waals surface area (Å²) in [7, 11) is 0. The van der Waals surface area contributed by atoms with Gasteiger partial charge < -0.3 is 9.80 Å². The summed E-state index contributed by atoms with van der Waals surface area (Å²) in [5.41, 5.74) is 13.7. The van der Waals surface area contributed by atoms with Crippen molar-refractivity contribution in [1.82, 2.24) is 0 Å². The molecule has 0 spiro atoms. The highest BCUT2D eigenvalue weighted by Crippen LogP contribution is 2.42. The van der Waals surface area contributed by atoms with E-state index in [9.17, 15) is 0 Å². The van der Waals surface area contributed by atoms with Crippen molar-refractivity contribution in [2.24, 2.45) is 0 Å². The van der Waals surface area contributed by atoms with Crippen molar-refractivity contribution < 1.29 is 0 Å². The molecular formula is C56H40N2. The van der Waals surface area contributed by atoms with Gasteiger partial charge in [0.05, 0.1) is 0 Å². The molecule has 0 unspecified atom stereocenters. The van der Waals surface area contributed by atoms with Crippen molar-refractivity contribution in [3.05, 3.63) is 243 Å². The normalized spacial score (nSPS) is 11.1. The first-order valence-electron chi connectivity index (χ1n) is 19.8. The zero-order valence-electron chi connectivity index (χ0n) is 32.0. The second-order valence-corrected chi connectivity index (χ2v) is 14.6. The van der Waals surface area contributed by atoms with E-state index in [2.05, 4.69) is 252 Å². The molecule has 0 aliphatic heterocycles. The van der Waals surface area contributed by atoms with Gasteiger partial charge in [-0.2, -0.15) is 0 Å². The van der Waals surface area contributed by atoms with Gasteiger partial charge in [0.1, 0.15) is 0 Å². The van der Waals surface area contributed by atoms with Gasteiger partial charge in [-0.15, -0.1) is 0 Å². The van der Waals surface area contributed by atoms with Gasteiger partial charge in [-0.3, -0.25) is 0 Å². The molecular weight excluding hydrogens is 701 g/mol. The number of hydrogen-bond donors (Lipinski definition) is 0. The number of anilines is 6. The monoisotopic (exact) mass is 740 g/mol. The van der Waals surface area contributed by atoms with Gasteiger partial charge in [0.25, 0.3) is 0 Å². The molecule has 2 heteroatoms. The Morgan fingerprint density at radius 3 is 1.34 bits per heavy atom. The molecule has 0 atom stereocenters. The number of para-hydroxylation sites is 2. The lowest BCUT2D eigenvalue weighted by molar-refractivity contribution is 1.25. The van der Waals surface area contributed by atoms with Crippen LogP contribution in [0.3, 0.4) is 0 Å². The number of rotatable bonds is 9. The Kier molecular flexibility index (Phi) is 9.27. The number of hydrogen-bond acceptors (Lipinski definition) is 2. The van der Waals surface area contributed by atoms with E-state index in [-0.39, 0.29) is 0 Å². The number of benzene rings is 10. The minimum atomic E-state index is 1.07. The summed E-state index contributed by atoms with van der Waals surface area (Å²) in [4.78, 5) is 4.69. The van der Waals surface area contributed by atoms with Crippen LogP contribution in [0.15, 0.2) is 243 Å². The van der Waals surface area contributed by atoms with Crippen molar-refractivity contribution in [2.75, 3.05) is 9.80 Å². The highest BCUT2D eigenvalue weighted by atomic mass is 15.2. The van der Waals surface area contributed by atoms with Gasteiger partial charge in [0.15, 0.2) is 0 Å². The zero-order valence-corrected chi connectivity index (χ0v) is 32.0. The Morgan fingerprint density at radius 2 is 0.655 bits per heavy atom. The van der Waals surface area contributed by atoms with Crippen molar-refractivity contribution in [3.8, 4) is 33.4 Å². The fourth-order valence-corrected chi connectivity index (χ4v) is 8.15. The number of fused-ring (bicyclic) bond motifs is 2. The average Bonchev–Trinajstić information content (AvgIpc) is 3.30. The Balaban J connectivity index is 1.10. The van der Waals surface area contributed by atoms with Crippen LogP contribution in [-0.2, 0) is 0 Å². The second kappa shape index (κ2) is 15.5. The van der Waals surface area contributed by atoms with Gasteiger partial charge in [0, 0.05) is 34.1 Å². The largest absolute Gasteiger partial charge is 0.310 e. The summed E-state index contributed by atoms with van der Waals surface area (Å²) >= 11 is 0. The van der Waals surface area contributed by atoms with Gasteiger partial charge >= 0.3 is 0 Å². The van der Waals surface area contributed by atoms with E-state index >= 15 is 0 Å². The van der Waals surface area contributed by atoms with Crippen LogP contribution >= 0.6 is 0 Å². The molecule has 0 fully saturated rings. The maximum Gasteiger partial charge on any atom is 0.0482 e. The minimum Gasteiger partial charge on any atom is -0.310 e. The summed E-state index contributed by atoms with van der Waals surface area (Å²) < 4.78 is 0. The third kappa shape index (κ3) is 6.89. The van der Waals surface area contributed by atoms with Gasteiger partial charge in [-0.1, -0.05) is 158 Å². The molecule has 0 aliphatic carbocycles. The predicted molar refractivity (Wildman–Crippen MR) is 247 cm³/mol. The van der Waals surface area contributed by atoms with Crippen LogP contribution in [0.25, 0.3) is 54.9 Å². The zero-order chi connectivity index (χ0) is 38.7. The third-order valence-corrected chi connectivity index (χ3v) is 11.0. The van der Waals surface area contributed by atoms with Gasteiger partial charge in [0.2, 0.25) is 0 Å². The van der Waals surface area contributed by atoms with Crippen LogP contribution in [0.2, 0.25) is 0 Å². The minimum absolute atomic E-state index is 1.07. The van der Waals surface area contributed by atoms with E-state index in [0.717, 1.165) is 34.1 Å². The van der Waals surface area contributed by atoms with Gasteiger partial charge in [-0.25, -0.2) is 0 Å². The van der Waals surface area contributed by atoms with E-state index in [0.29, 0.717) is 0 Å². The SMILES string of the molecule is c1ccc(-c2cccc(N(c3ccc(-c4cc(-c5ccc6ccccc6c5)cc5ccccc45)cc3)c3cccc(N(c4ccccc4)c4ccccc4)c3)c2)cc1. The predicted octanol–water partition coefficient (Wildman–Crippen LogP) is 15.9. The molecule has 0 saturated heterocycles. The molecule has 0 amide bonds. The second-order valence-electron chi connectivity index (χ2n) is 14.6. The van der Waals surface area contributed by atoms with Crippen molar-refractivity contribution in [3.63, 3.8) is 0 Å². The van der Waals surface area contributed by atoms with Crippen LogP contribution < -0.4 is 9.80 Å². The first-order valence-corrected chi connectivity index (χ1v) is 19.8. The Hall–Kier alpha value is -7.68. The Labute approximate surface area is 340 Å². The first kappa shape index (κ1) is 34.8. The number of nitrogens with zero attached hydrogens (tertiary/aromatic N) is 2. The Bertz CT molecular complexity index is 2950. The van der Waals surface area contributed by atoms with Crippen molar-refractivity contribution in [2.45, 2.75) is 0 Å². The highest BCUT2D eigenvalue weighted by molar-refractivity contribution is 6.01. The van der Waals surface area contributed by atoms with Crippen LogP contribution in [0.1, 0.15) is 0 Å². The third-order valence-electron chi connectivity index (χ3n) is 11.0. The van der Waals surface area contributed by atoms with E-state index in [1.165, 1.54) is 54.9 Å². The summed E-state index contributed by atoms with van der Waals surface area (Å²) in [6.45, 7) is 0. The molecule has 10 aromatic rings. The molecule has 0 N–H and O–H groups in total. The summed E-state index contributed by atoms with van der Waals surface area (Å²) in [6.07, 6.45) is 0. The van der Waals surface area contributed by atoms with Crippen LogP contribution in [0.5, 0.6) is 0 Å². The molecule has 274 valence electrons. The molecule has 10 aromatic carbocycles. The molecule has 0 radical (unpaired) electrons. The van der Waals surface area contributed by atoms with E-state index < -0.39 is 0 Å². The van der Waals surface area contributed by atoms with E-state index in [1.54, 1.807) is 0 Å². The Morgan fingerprint density at radius 1 is 0.207 bits per heavy atom. The average molecular weight is 741 g/mol. The molecule has 2 nitrogen and oxygen atoms in total. The maximum atomic E-state index is 2.37. The molecule has 10 rings (SSSR count). The molecule has 0 saturated carbocycles. The molecule has 58 heavy (non-hydrogen) atoms. The van der Waals surface area contributed by atoms with E-state index in [4.69, 9.17) is 0 Å². The summed E-state index contributed by atoms with van der Waals surface area (Å²) in [5, 5.41) is 4.96. The highest BCUT2D eigenvalue weighted by Gasteiger charge is 2.18.